The number of aromatic nitrogens is 2. The Labute approximate surface area is 190 Å². The maximum atomic E-state index is 13.4. The molecular weight excluding hydrogens is 404 g/mol. The number of aryl methyl sites for hydroxylation is 1. The van der Waals surface area contributed by atoms with Crippen LogP contribution in [0.2, 0.25) is 0 Å². The van der Waals surface area contributed by atoms with Gasteiger partial charge in [0.1, 0.15) is 18.2 Å². The lowest BCUT2D eigenvalue weighted by Gasteiger charge is -2.41. The van der Waals surface area contributed by atoms with Gasteiger partial charge in [-0.1, -0.05) is 12.5 Å². The molecule has 0 radical (unpaired) electrons. The van der Waals surface area contributed by atoms with Crippen molar-refractivity contribution in [3.8, 4) is 5.75 Å². The van der Waals surface area contributed by atoms with Crippen LogP contribution in [0.15, 0.2) is 36.5 Å². The first-order valence-corrected chi connectivity index (χ1v) is 11.7. The van der Waals surface area contributed by atoms with Crippen molar-refractivity contribution >= 4 is 5.91 Å². The van der Waals surface area contributed by atoms with Crippen molar-refractivity contribution in [2.45, 2.75) is 57.7 Å². The van der Waals surface area contributed by atoms with E-state index in [1.54, 1.807) is 7.11 Å². The third-order valence-electron chi connectivity index (χ3n) is 6.48. The molecule has 1 fully saturated rings. The molecule has 32 heavy (non-hydrogen) atoms. The van der Waals surface area contributed by atoms with Crippen LogP contribution in [0.25, 0.3) is 0 Å². The highest BCUT2D eigenvalue weighted by molar-refractivity contribution is 5.95. The third kappa shape index (κ3) is 5.64. The van der Waals surface area contributed by atoms with Gasteiger partial charge in [0, 0.05) is 38.5 Å². The number of piperidine rings is 1. The Morgan fingerprint density at radius 2 is 2.03 bits per heavy atom. The number of hydrogen-bond acceptors (Lipinski definition) is 6. The summed E-state index contributed by atoms with van der Waals surface area (Å²) in [6, 6.07) is 9.69. The molecule has 2 aliphatic heterocycles. The van der Waals surface area contributed by atoms with Gasteiger partial charge in [0.2, 0.25) is 0 Å². The first kappa shape index (κ1) is 22.7. The highest BCUT2D eigenvalue weighted by Crippen LogP contribution is 2.27. The van der Waals surface area contributed by atoms with Gasteiger partial charge < -0.3 is 14.4 Å². The van der Waals surface area contributed by atoms with Crippen LogP contribution in [0, 0.1) is 6.92 Å². The monoisotopic (exact) mass is 438 g/mol. The van der Waals surface area contributed by atoms with Crippen LogP contribution in [-0.4, -0.2) is 71.2 Å². The van der Waals surface area contributed by atoms with Gasteiger partial charge in [-0.25, -0.2) is 9.97 Å². The molecule has 0 saturated carbocycles. The van der Waals surface area contributed by atoms with E-state index in [2.05, 4.69) is 14.9 Å². The number of nitrogens with zero attached hydrogens (tertiary/aromatic N) is 4. The van der Waals surface area contributed by atoms with Crippen LogP contribution < -0.4 is 4.74 Å². The molecule has 0 N–H and O–H groups in total. The van der Waals surface area contributed by atoms with Crippen LogP contribution in [0.1, 0.15) is 54.0 Å². The minimum absolute atomic E-state index is 0.0833. The summed E-state index contributed by atoms with van der Waals surface area (Å²) in [5, 5.41) is 0. The Morgan fingerprint density at radius 3 is 2.88 bits per heavy atom. The molecule has 1 aromatic heterocycles. The van der Waals surface area contributed by atoms with Crippen molar-refractivity contribution < 1.29 is 14.3 Å². The van der Waals surface area contributed by atoms with Crippen molar-refractivity contribution in [2.24, 2.45) is 0 Å². The molecule has 0 unspecified atom stereocenters. The van der Waals surface area contributed by atoms with Gasteiger partial charge >= 0.3 is 0 Å². The molecule has 0 aliphatic carbocycles. The van der Waals surface area contributed by atoms with Gasteiger partial charge in [-0.15, -0.1) is 0 Å². The number of methoxy groups -OCH3 is 1. The molecule has 7 heteroatoms. The lowest BCUT2D eigenvalue weighted by molar-refractivity contribution is -0.0156. The summed E-state index contributed by atoms with van der Waals surface area (Å²) >= 11 is 0. The van der Waals surface area contributed by atoms with E-state index in [0.29, 0.717) is 12.2 Å². The first-order chi connectivity index (χ1) is 15.6. The highest BCUT2D eigenvalue weighted by Gasteiger charge is 2.34. The van der Waals surface area contributed by atoms with E-state index in [1.807, 2.05) is 48.4 Å². The molecule has 2 bridgehead atoms. The molecule has 4 rings (SSSR count). The van der Waals surface area contributed by atoms with E-state index < -0.39 is 0 Å². The number of carbonyl (C=O) groups excluding carboxylic acids is 1. The van der Waals surface area contributed by atoms with Crippen LogP contribution in [0.5, 0.6) is 5.75 Å². The summed E-state index contributed by atoms with van der Waals surface area (Å²) in [6.07, 6.45) is 6.97. The Morgan fingerprint density at radius 1 is 1.12 bits per heavy atom. The average Bonchev–Trinajstić information content (AvgIpc) is 2.80. The number of amides is 1. The van der Waals surface area contributed by atoms with E-state index in [-0.39, 0.29) is 18.1 Å². The standard InChI is InChI=1S/C25H34N4O3/c1-19-26-12-11-21(27-19)18-28-13-4-3-9-23-24(31-2)10-6-14-29(23)25(30)20-7-5-8-22(17-20)32-16-15-28/h5,7-8,11-12,17,23-24H,3-4,6,9-10,13-16,18H2,1-2H3/t23-,24-/m1/s1. The topological polar surface area (TPSA) is 67.8 Å². The number of rotatable bonds is 3. The number of hydrogen-bond donors (Lipinski definition) is 0. The zero-order valence-electron chi connectivity index (χ0n) is 19.2. The molecule has 1 saturated heterocycles. The van der Waals surface area contributed by atoms with Gasteiger partial charge in [-0.2, -0.15) is 0 Å². The quantitative estimate of drug-likeness (QED) is 0.731. The summed E-state index contributed by atoms with van der Waals surface area (Å²) in [7, 11) is 1.77. The van der Waals surface area contributed by atoms with E-state index in [0.717, 1.165) is 75.6 Å². The fourth-order valence-electron chi connectivity index (χ4n) is 4.85. The predicted molar refractivity (Wildman–Crippen MR) is 123 cm³/mol. The first-order valence-electron chi connectivity index (χ1n) is 11.7. The highest BCUT2D eigenvalue weighted by atomic mass is 16.5. The molecular formula is C25H34N4O3. The van der Waals surface area contributed by atoms with E-state index in [1.165, 1.54) is 0 Å². The van der Waals surface area contributed by atoms with Gasteiger partial charge in [0.15, 0.2) is 0 Å². The lowest BCUT2D eigenvalue weighted by atomic mass is 9.93. The molecule has 7 nitrogen and oxygen atoms in total. The van der Waals surface area contributed by atoms with Gasteiger partial charge in [-0.05, 0) is 63.4 Å². The summed E-state index contributed by atoms with van der Waals surface area (Å²) in [6.45, 7) is 5.82. The Balaban J connectivity index is 1.53. The van der Waals surface area contributed by atoms with Crippen LogP contribution in [0.4, 0.5) is 0 Å². The summed E-state index contributed by atoms with van der Waals surface area (Å²) < 4.78 is 11.8. The summed E-state index contributed by atoms with van der Waals surface area (Å²) in [5.41, 5.74) is 1.72. The minimum Gasteiger partial charge on any atom is -0.492 e. The lowest BCUT2D eigenvalue weighted by Crippen LogP contribution is -2.51. The zero-order chi connectivity index (χ0) is 22.3. The Kier molecular flexibility index (Phi) is 7.71. The molecule has 2 aromatic rings. The second kappa shape index (κ2) is 10.9. The molecule has 1 aromatic carbocycles. The fourth-order valence-corrected chi connectivity index (χ4v) is 4.85. The summed E-state index contributed by atoms with van der Waals surface area (Å²) in [4.78, 5) is 26.6. The third-order valence-corrected chi connectivity index (χ3v) is 6.48. The van der Waals surface area contributed by atoms with E-state index >= 15 is 0 Å². The molecule has 1 amide bonds. The second-order valence-corrected chi connectivity index (χ2v) is 8.73. The fraction of sp³-hybridized carbons (Fsp3) is 0.560. The Hall–Kier alpha value is -2.51. The maximum absolute atomic E-state index is 13.4. The van der Waals surface area contributed by atoms with Crippen molar-refractivity contribution in [1.29, 1.82) is 0 Å². The SMILES string of the molecule is CO[C@@H]1CCCN2C(=O)c3cccc(c3)OCCN(Cc3ccnc(C)n3)CCCC[C@H]12. The zero-order valence-corrected chi connectivity index (χ0v) is 19.2. The van der Waals surface area contributed by atoms with Gasteiger partial charge in [-0.3, -0.25) is 9.69 Å². The summed E-state index contributed by atoms with van der Waals surface area (Å²) in [5.74, 6) is 1.62. The van der Waals surface area contributed by atoms with Crippen LogP contribution in [0.3, 0.4) is 0 Å². The van der Waals surface area contributed by atoms with Crippen molar-refractivity contribution in [2.75, 3.05) is 33.4 Å². The van der Waals surface area contributed by atoms with Crippen molar-refractivity contribution in [3.63, 3.8) is 0 Å². The molecule has 2 atom stereocenters. The van der Waals surface area contributed by atoms with Gasteiger partial charge in [0.05, 0.1) is 17.8 Å². The van der Waals surface area contributed by atoms with Crippen molar-refractivity contribution in [3.05, 3.63) is 53.6 Å². The van der Waals surface area contributed by atoms with Crippen LogP contribution in [-0.2, 0) is 11.3 Å². The van der Waals surface area contributed by atoms with Gasteiger partial charge in [0.25, 0.3) is 5.91 Å². The molecule has 172 valence electrons. The Bertz CT molecular complexity index is 906. The number of fused-ring (bicyclic) bond motifs is 3. The minimum atomic E-state index is 0.0833. The van der Waals surface area contributed by atoms with E-state index in [9.17, 15) is 4.79 Å². The normalized spacial score (nSPS) is 23.2. The molecule has 0 spiro atoms. The largest absolute Gasteiger partial charge is 0.492 e. The second-order valence-electron chi connectivity index (χ2n) is 8.73. The van der Waals surface area contributed by atoms with Crippen molar-refractivity contribution in [1.82, 2.24) is 19.8 Å². The predicted octanol–water partition coefficient (Wildman–Crippen LogP) is 3.47. The molecule has 3 heterocycles. The van der Waals surface area contributed by atoms with E-state index in [4.69, 9.17) is 9.47 Å². The molecule has 2 aliphatic rings. The number of ether oxygens (including phenoxy) is 2. The van der Waals surface area contributed by atoms with Crippen LogP contribution >= 0.6 is 0 Å². The average molecular weight is 439 g/mol. The maximum Gasteiger partial charge on any atom is 0.254 e. The number of benzene rings is 1. The smallest absolute Gasteiger partial charge is 0.254 e. The number of carbonyl (C=O) groups is 1.